The molecule has 0 heterocycles. The maximum absolute atomic E-state index is 13.4. The Labute approximate surface area is 445 Å². The minimum absolute atomic E-state index is 0.0456. The maximum atomic E-state index is 13.4. The van der Waals surface area contributed by atoms with Crippen molar-refractivity contribution in [2.45, 2.75) is 222 Å². The molecule has 0 saturated heterocycles. The highest BCUT2D eigenvalue weighted by atomic mass is 32.2. The number of rotatable bonds is 44. The SMILES string of the molecule is CCCCC/C=C\C\C=C/C=C/C=C/[C@@H](SC[C@H](N)C(=O)O[C@H](COC(=O)CCCCCCCC/C=C\C/C=C\C/C=C\CCCCCC)COP(=O)(O)OC1[C@H](O)[C@H](O)C(O)[C@H](O)[C@H]1O)[C@@H](O)CCCC(=O)O. The summed E-state index contributed by atoms with van der Waals surface area (Å²) in [5.74, 6) is -2.77. The van der Waals surface area contributed by atoms with Crippen LogP contribution in [0.2, 0.25) is 0 Å². The number of phosphoric acid groups is 1. The van der Waals surface area contributed by atoms with Crippen molar-refractivity contribution in [1.29, 1.82) is 0 Å². The monoisotopic (exact) mass is 1090 g/mol. The topological polar surface area (TPSA) is 293 Å². The van der Waals surface area contributed by atoms with Crippen molar-refractivity contribution < 1.29 is 78.1 Å². The third-order valence-corrected chi connectivity index (χ3v) is 14.4. The molecule has 19 heteroatoms. The average Bonchev–Trinajstić information content (AvgIpc) is 3.37. The molecule has 1 aliphatic rings. The van der Waals surface area contributed by atoms with E-state index in [4.69, 9.17) is 29.4 Å². The zero-order valence-corrected chi connectivity index (χ0v) is 45.7. The van der Waals surface area contributed by atoms with E-state index >= 15 is 0 Å². The lowest BCUT2D eigenvalue weighted by Crippen LogP contribution is -2.64. The minimum atomic E-state index is -5.29. The third kappa shape index (κ3) is 34.4. The first-order valence-electron chi connectivity index (χ1n) is 26.8. The van der Waals surface area contributed by atoms with Gasteiger partial charge in [0.2, 0.25) is 0 Å². The molecule has 3 unspecified atom stereocenters. The Hall–Kier alpha value is -3.23. The number of nitrogens with two attached hydrogens (primary N) is 1. The summed E-state index contributed by atoms with van der Waals surface area (Å²) in [7, 11) is -5.29. The molecule has 0 spiro atoms. The van der Waals surface area contributed by atoms with Crippen LogP contribution in [-0.2, 0) is 37.5 Å². The van der Waals surface area contributed by atoms with Crippen LogP contribution in [0.1, 0.15) is 162 Å². The third-order valence-electron chi connectivity index (χ3n) is 12.0. The molecule has 1 saturated carbocycles. The van der Waals surface area contributed by atoms with E-state index in [1.165, 1.54) is 44.9 Å². The normalized spacial score (nSPS) is 22.2. The molecule has 74 heavy (non-hydrogen) atoms. The number of carbonyl (C=O) groups is 3. The van der Waals surface area contributed by atoms with Crippen LogP contribution in [0.4, 0.5) is 0 Å². The predicted molar refractivity (Wildman–Crippen MR) is 291 cm³/mol. The van der Waals surface area contributed by atoms with Gasteiger partial charge in [0.1, 0.15) is 49.3 Å². The zero-order valence-electron chi connectivity index (χ0n) is 44.0. The van der Waals surface area contributed by atoms with Gasteiger partial charge in [0.05, 0.1) is 12.7 Å². The number of carbonyl (C=O) groups excluding carboxylic acids is 2. The first-order valence-corrected chi connectivity index (χ1v) is 29.4. The molecule has 424 valence electrons. The van der Waals surface area contributed by atoms with Crippen LogP contribution in [0.25, 0.3) is 0 Å². The first kappa shape index (κ1) is 68.8. The maximum Gasteiger partial charge on any atom is 0.472 e. The minimum Gasteiger partial charge on any atom is -0.481 e. The summed E-state index contributed by atoms with van der Waals surface area (Å²) in [5, 5.41) is 70.1. The molecule has 0 aromatic carbocycles. The first-order chi connectivity index (χ1) is 35.5. The van der Waals surface area contributed by atoms with Crippen molar-refractivity contribution in [3.63, 3.8) is 0 Å². The van der Waals surface area contributed by atoms with Crippen LogP contribution in [-0.4, -0.2) is 138 Å². The van der Waals surface area contributed by atoms with E-state index in [2.05, 4.69) is 62.5 Å². The number of esters is 2. The zero-order chi connectivity index (χ0) is 54.8. The van der Waals surface area contributed by atoms with Crippen molar-refractivity contribution in [2.24, 2.45) is 5.73 Å². The van der Waals surface area contributed by atoms with Gasteiger partial charge in [-0.1, -0.05) is 157 Å². The molecule has 0 aliphatic heterocycles. The Morgan fingerprint density at radius 2 is 1.12 bits per heavy atom. The summed E-state index contributed by atoms with van der Waals surface area (Å²) in [6.07, 6.45) is 33.6. The van der Waals surface area contributed by atoms with E-state index in [1.54, 1.807) is 18.2 Å². The van der Waals surface area contributed by atoms with E-state index < -0.39 is 99.1 Å². The summed E-state index contributed by atoms with van der Waals surface area (Å²) >= 11 is 1.11. The molecule has 1 aliphatic carbocycles. The van der Waals surface area contributed by atoms with Crippen molar-refractivity contribution in [3.05, 3.63) is 85.1 Å². The number of aliphatic hydroxyl groups excluding tert-OH is 6. The molecule has 1 rings (SSSR count). The molecule has 10 N–H and O–H groups in total. The van der Waals surface area contributed by atoms with Crippen LogP contribution in [0.3, 0.4) is 0 Å². The molecule has 1 fully saturated rings. The number of aliphatic hydroxyl groups is 6. The Kier molecular flexibility index (Phi) is 40.7. The molecule has 0 radical (unpaired) electrons. The van der Waals surface area contributed by atoms with Crippen LogP contribution in [0, 0.1) is 0 Å². The molecule has 0 bridgehead atoms. The van der Waals surface area contributed by atoms with E-state index in [-0.39, 0.29) is 31.4 Å². The predicted octanol–water partition coefficient (Wildman–Crippen LogP) is 8.54. The fourth-order valence-electron chi connectivity index (χ4n) is 7.48. The van der Waals surface area contributed by atoms with Crippen molar-refractivity contribution in [2.75, 3.05) is 19.0 Å². The summed E-state index contributed by atoms with van der Waals surface area (Å²) in [4.78, 5) is 47.8. The highest BCUT2D eigenvalue weighted by Gasteiger charge is 2.51. The van der Waals surface area contributed by atoms with Gasteiger partial charge in [-0.2, -0.15) is 0 Å². The second-order valence-electron chi connectivity index (χ2n) is 18.6. The van der Waals surface area contributed by atoms with Crippen molar-refractivity contribution in [3.8, 4) is 0 Å². The molecule has 17 nitrogen and oxygen atoms in total. The fourth-order valence-corrected chi connectivity index (χ4v) is 9.58. The number of thioether (sulfide) groups is 1. The fraction of sp³-hybridized carbons (Fsp3) is 0.691. The van der Waals surface area contributed by atoms with Crippen molar-refractivity contribution in [1.82, 2.24) is 0 Å². The quantitative estimate of drug-likeness (QED) is 0.00908. The lowest BCUT2D eigenvalue weighted by Gasteiger charge is -2.41. The summed E-state index contributed by atoms with van der Waals surface area (Å²) < 4.78 is 33.8. The summed E-state index contributed by atoms with van der Waals surface area (Å²) in [5.41, 5.74) is 6.22. The van der Waals surface area contributed by atoms with Gasteiger partial charge in [-0.3, -0.25) is 23.4 Å². The molecule has 0 aromatic rings. The highest BCUT2D eigenvalue weighted by molar-refractivity contribution is 8.00. The van der Waals surface area contributed by atoms with E-state index in [9.17, 15) is 54.5 Å². The van der Waals surface area contributed by atoms with Crippen LogP contribution < -0.4 is 5.73 Å². The van der Waals surface area contributed by atoms with Gasteiger partial charge in [0, 0.05) is 23.8 Å². The van der Waals surface area contributed by atoms with Crippen molar-refractivity contribution >= 4 is 37.5 Å². The Morgan fingerprint density at radius 1 is 0.622 bits per heavy atom. The Balaban J connectivity index is 2.82. The van der Waals surface area contributed by atoms with Gasteiger partial charge in [-0.05, 0) is 77.0 Å². The number of allylic oxidation sites excluding steroid dienone is 13. The molecule has 11 atom stereocenters. The number of hydrogen-bond donors (Lipinski definition) is 9. The van der Waals surface area contributed by atoms with E-state index in [0.717, 1.165) is 82.4 Å². The number of carboxylic acids is 1. The Morgan fingerprint density at radius 3 is 1.72 bits per heavy atom. The molecular formula is C55H92NO16PS. The molecule has 0 aromatic heterocycles. The largest absolute Gasteiger partial charge is 0.481 e. The van der Waals surface area contributed by atoms with Crippen LogP contribution in [0.5, 0.6) is 0 Å². The highest BCUT2D eigenvalue weighted by Crippen LogP contribution is 2.47. The number of phosphoric ester groups is 1. The van der Waals surface area contributed by atoms with Gasteiger partial charge < -0.3 is 55.8 Å². The standard InChI is InChI=1S/C55H92NO16PS/c1-3-5-7-9-11-13-15-17-18-19-20-21-22-23-24-26-28-30-32-34-39-48(60)69-40-43(41-70-73(67,68)72-54-52(64)50(62)49(61)51(63)53(54)65)71-55(66)44(56)42-74-46(45(57)36-35-38-47(58)59)37-33-31-29-27-25-16-14-12-10-8-6-4-2/h12-15,18-19,21-22,25,27,29,31,33,37,43-46,49-54,57,61-65H,3-11,16-17,20,23-24,26,28,30,32,34-36,38-42,56H2,1-2H3,(H,58,59)(H,67,68)/b14-12-,15-13-,19-18-,22-21-,27-25-,31-29+,37-33+/t43-,44+,45+,46-,49?,50-,51+,52-,53-,54?/m1/s1. The van der Waals surface area contributed by atoms with E-state index in [0.29, 0.717) is 6.42 Å². The molecule has 0 amide bonds. The van der Waals surface area contributed by atoms with Crippen LogP contribution in [0.15, 0.2) is 85.1 Å². The second kappa shape index (κ2) is 43.8. The number of hydrogen-bond acceptors (Lipinski definition) is 16. The number of ether oxygens (including phenoxy) is 2. The number of aliphatic carboxylic acids is 1. The smallest absolute Gasteiger partial charge is 0.472 e. The lowest BCUT2D eigenvalue weighted by atomic mass is 9.85. The van der Waals surface area contributed by atoms with E-state index in [1.807, 2.05) is 18.2 Å². The van der Waals surface area contributed by atoms with Gasteiger partial charge in [-0.25, -0.2) is 4.57 Å². The Bertz CT molecular complexity index is 1740. The second-order valence-corrected chi connectivity index (χ2v) is 21.2. The van der Waals surface area contributed by atoms with Crippen LogP contribution >= 0.6 is 19.6 Å². The number of unbranched alkanes of at least 4 members (excludes halogenated alkanes) is 13. The molecular weight excluding hydrogens is 994 g/mol. The summed E-state index contributed by atoms with van der Waals surface area (Å²) in [6, 6.07) is -1.34. The van der Waals surface area contributed by atoms with Gasteiger partial charge in [0.15, 0.2) is 6.10 Å². The number of carboxylic acid groups (broad SMARTS) is 1. The average molecular weight is 1090 g/mol. The van der Waals surface area contributed by atoms with Gasteiger partial charge in [-0.15, -0.1) is 11.8 Å². The lowest BCUT2D eigenvalue weighted by molar-refractivity contribution is -0.220. The van der Waals surface area contributed by atoms with Gasteiger partial charge in [0.25, 0.3) is 0 Å². The summed E-state index contributed by atoms with van der Waals surface area (Å²) in [6.45, 7) is 2.83. The van der Waals surface area contributed by atoms with Gasteiger partial charge >= 0.3 is 25.7 Å².